The maximum atomic E-state index is 12.4. The number of fused-ring (bicyclic) bond motifs is 3. The van der Waals surface area contributed by atoms with Gasteiger partial charge in [-0.2, -0.15) is 0 Å². The lowest BCUT2D eigenvalue weighted by Crippen LogP contribution is -2.06. The zero-order chi connectivity index (χ0) is 20.8. The maximum absolute atomic E-state index is 12.4. The Bertz CT molecular complexity index is 939. The summed E-state index contributed by atoms with van der Waals surface area (Å²) in [6.07, 6.45) is 3.67. The number of unbranched alkanes of at least 4 members (excludes halogenated alkanes) is 2. The number of carbonyl (C=O) groups is 2. The van der Waals surface area contributed by atoms with E-state index >= 15 is 0 Å². The number of hydrogen-bond donors (Lipinski definition) is 0. The molecule has 0 N–H and O–H groups in total. The van der Waals surface area contributed by atoms with E-state index < -0.39 is 0 Å². The molecule has 3 aromatic rings. The van der Waals surface area contributed by atoms with E-state index in [9.17, 15) is 9.59 Å². The van der Waals surface area contributed by atoms with Crippen molar-refractivity contribution in [2.75, 3.05) is 13.2 Å². The molecular weight excluding hydrogens is 366 g/mol. The second-order valence-electron chi connectivity index (χ2n) is 7.19. The van der Waals surface area contributed by atoms with Gasteiger partial charge in [-0.15, -0.1) is 0 Å². The minimum absolute atomic E-state index is 0.312. The molecule has 0 saturated heterocycles. The maximum Gasteiger partial charge on any atom is 0.338 e. The normalized spacial score (nSPS) is 11.1. The lowest BCUT2D eigenvalue weighted by atomic mass is 10.1. The minimum atomic E-state index is -0.312. The summed E-state index contributed by atoms with van der Waals surface area (Å²) in [5, 5.41) is 1.88. The Hall–Kier alpha value is -2.82. The predicted octanol–water partition coefficient (Wildman–Crippen LogP) is 5.73. The van der Waals surface area contributed by atoms with Gasteiger partial charge in [0.15, 0.2) is 0 Å². The van der Waals surface area contributed by atoms with Crippen molar-refractivity contribution in [3.8, 4) is 0 Å². The van der Waals surface area contributed by atoms with E-state index in [4.69, 9.17) is 9.47 Å². The lowest BCUT2D eigenvalue weighted by Gasteiger charge is -2.05. The highest BCUT2D eigenvalue weighted by atomic mass is 16.5. The number of hydrogen-bond acceptors (Lipinski definition) is 4. The van der Waals surface area contributed by atoms with Crippen LogP contribution in [0.1, 0.15) is 67.2 Å². The summed E-state index contributed by atoms with van der Waals surface area (Å²) in [5.41, 5.74) is 3.12. The van der Waals surface area contributed by atoms with Crippen LogP contribution in [-0.4, -0.2) is 29.7 Å². The highest BCUT2D eigenvalue weighted by Crippen LogP contribution is 2.31. The van der Waals surface area contributed by atoms with E-state index in [0.717, 1.165) is 54.0 Å². The van der Waals surface area contributed by atoms with Crippen LogP contribution in [0.2, 0.25) is 0 Å². The average Bonchev–Trinajstić information content (AvgIpc) is 3.06. The molecule has 0 spiro atoms. The molecule has 0 atom stereocenters. The zero-order valence-electron chi connectivity index (χ0n) is 17.5. The standard InChI is InChI=1S/C24H29NO4/c1-4-7-13-28-23(26)17-9-11-21-19(15-17)20-16-18(24(27)29-14-8-5-2)10-12-22(20)25(21)6-3/h9-12,15-16H,4-8,13-14H2,1-3H3. The first-order valence-electron chi connectivity index (χ1n) is 10.5. The smallest absolute Gasteiger partial charge is 0.338 e. The van der Waals surface area contributed by atoms with Crippen molar-refractivity contribution in [2.24, 2.45) is 0 Å². The van der Waals surface area contributed by atoms with Gasteiger partial charge in [0.05, 0.1) is 24.3 Å². The molecule has 5 nitrogen and oxygen atoms in total. The van der Waals surface area contributed by atoms with Crippen molar-refractivity contribution < 1.29 is 19.1 Å². The minimum Gasteiger partial charge on any atom is -0.462 e. The van der Waals surface area contributed by atoms with Gasteiger partial charge < -0.3 is 14.0 Å². The van der Waals surface area contributed by atoms with Gasteiger partial charge in [-0.1, -0.05) is 26.7 Å². The molecule has 3 rings (SSSR count). The first kappa shape index (κ1) is 20.9. The van der Waals surface area contributed by atoms with Gasteiger partial charge in [0.2, 0.25) is 0 Å². The van der Waals surface area contributed by atoms with Crippen molar-refractivity contribution in [3.63, 3.8) is 0 Å². The average molecular weight is 395 g/mol. The summed E-state index contributed by atoms with van der Waals surface area (Å²) in [6, 6.07) is 11.3. The molecule has 5 heteroatoms. The third-order valence-electron chi connectivity index (χ3n) is 5.11. The zero-order valence-corrected chi connectivity index (χ0v) is 17.5. The van der Waals surface area contributed by atoms with Crippen LogP contribution in [0.25, 0.3) is 21.8 Å². The second kappa shape index (κ2) is 9.59. The van der Waals surface area contributed by atoms with Crippen LogP contribution in [0.15, 0.2) is 36.4 Å². The molecule has 1 heterocycles. The van der Waals surface area contributed by atoms with Crippen molar-refractivity contribution in [2.45, 2.75) is 53.0 Å². The van der Waals surface area contributed by atoms with E-state index in [1.54, 1.807) is 0 Å². The highest BCUT2D eigenvalue weighted by Gasteiger charge is 2.16. The molecule has 0 aliphatic carbocycles. The van der Waals surface area contributed by atoms with Crippen molar-refractivity contribution in [1.82, 2.24) is 4.57 Å². The topological polar surface area (TPSA) is 57.5 Å². The number of carbonyl (C=O) groups excluding carboxylic acids is 2. The third-order valence-corrected chi connectivity index (χ3v) is 5.11. The number of aryl methyl sites for hydroxylation is 1. The molecule has 154 valence electrons. The Morgan fingerprint density at radius 2 is 1.21 bits per heavy atom. The summed E-state index contributed by atoms with van der Waals surface area (Å²) in [5.74, 6) is -0.624. The molecule has 0 saturated carbocycles. The van der Waals surface area contributed by atoms with E-state index in [1.807, 2.05) is 36.4 Å². The molecule has 1 aromatic heterocycles. The van der Waals surface area contributed by atoms with Crippen LogP contribution in [-0.2, 0) is 16.0 Å². The molecule has 0 unspecified atom stereocenters. The summed E-state index contributed by atoms with van der Waals surface area (Å²) < 4.78 is 12.9. The monoisotopic (exact) mass is 395 g/mol. The van der Waals surface area contributed by atoms with Gasteiger partial charge in [0.1, 0.15) is 0 Å². The van der Waals surface area contributed by atoms with Crippen molar-refractivity contribution >= 4 is 33.7 Å². The fraction of sp³-hybridized carbons (Fsp3) is 0.417. The van der Waals surface area contributed by atoms with Gasteiger partial charge >= 0.3 is 11.9 Å². The van der Waals surface area contributed by atoms with Crippen molar-refractivity contribution in [1.29, 1.82) is 0 Å². The molecule has 0 aliphatic heterocycles. The third kappa shape index (κ3) is 4.44. The number of nitrogens with zero attached hydrogens (tertiary/aromatic N) is 1. The second-order valence-corrected chi connectivity index (χ2v) is 7.19. The Kier molecular flexibility index (Phi) is 6.91. The fourth-order valence-corrected chi connectivity index (χ4v) is 3.48. The Morgan fingerprint density at radius 3 is 1.59 bits per heavy atom. The molecule has 0 aliphatic rings. The predicted molar refractivity (Wildman–Crippen MR) is 115 cm³/mol. The van der Waals surface area contributed by atoms with Crippen LogP contribution in [0, 0.1) is 0 Å². The van der Waals surface area contributed by atoms with Gasteiger partial charge in [-0.25, -0.2) is 9.59 Å². The van der Waals surface area contributed by atoms with Crippen molar-refractivity contribution in [3.05, 3.63) is 47.5 Å². The van der Waals surface area contributed by atoms with Gasteiger partial charge in [-0.05, 0) is 56.2 Å². The number of aromatic nitrogens is 1. The van der Waals surface area contributed by atoms with Crippen LogP contribution < -0.4 is 0 Å². The Labute approximate surface area is 171 Å². The van der Waals surface area contributed by atoms with Gasteiger partial charge in [0, 0.05) is 28.4 Å². The summed E-state index contributed by atoms with van der Waals surface area (Å²) >= 11 is 0. The molecule has 0 amide bonds. The van der Waals surface area contributed by atoms with Gasteiger partial charge in [0.25, 0.3) is 0 Å². The first-order valence-corrected chi connectivity index (χ1v) is 10.5. The molecule has 2 aromatic carbocycles. The summed E-state index contributed by atoms with van der Waals surface area (Å²) in [6.45, 7) is 7.85. The number of ether oxygens (including phenoxy) is 2. The quantitative estimate of drug-likeness (QED) is 0.343. The van der Waals surface area contributed by atoms with Crippen LogP contribution in [0.4, 0.5) is 0 Å². The molecule has 0 bridgehead atoms. The van der Waals surface area contributed by atoms with E-state index in [0.29, 0.717) is 24.3 Å². The SMILES string of the molecule is CCCCOC(=O)c1ccc2c(c1)c1cc(C(=O)OCCCC)ccc1n2CC. The Balaban J connectivity index is 2.00. The first-order chi connectivity index (χ1) is 14.1. The number of benzene rings is 2. The van der Waals surface area contributed by atoms with E-state index in [1.165, 1.54) is 0 Å². The van der Waals surface area contributed by atoms with Crippen LogP contribution in [0.3, 0.4) is 0 Å². The summed E-state index contributed by atoms with van der Waals surface area (Å²) in [4.78, 5) is 24.8. The van der Waals surface area contributed by atoms with Crippen LogP contribution in [0.5, 0.6) is 0 Å². The molecular formula is C24H29NO4. The highest BCUT2D eigenvalue weighted by molar-refractivity contribution is 6.12. The number of esters is 2. The van der Waals surface area contributed by atoms with Gasteiger partial charge in [-0.3, -0.25) is 0 Å². The van der Waals surface area contributed by atoms with E-state index in [2.05, 4.69) is 25.3 Å². The molecule has 0 radical (unpaired) electrons. The summed E-state index contributed by atoms with van der Waals surface area (Å²) in [7, 11) is 0. The van der Waals surface area contributed by atoms with E-state index in [-0.39, 0.29) is 11.9 Å². The number of rotatable bonds is 9. The largest absolute Gasteiger partial charge is 0.462 e. The molecule has 29 heavy (non-hydrogen) atoms. The lowest BCUT2D eigenvalue weighted by molar-refractivity contribution is 0.0490. The van der Waals surface area contributed by atoms with Crippen LogP contribution >= 0.6 is 0 Å². The fourth-order valence-electron chi connectivity index (χ4n) is 3.48. The Morgan fingerprint density at radius 1 is 0.759 bits per heavy atom. The molecule has 0 fully saturated rings.